The molecule has 1 saturated carbocycles. The third-order valence-corrected chi connectivity index (χ3v) is 4.06. The van der Waals surface area contributed by atoms with Gasteiger partial charge in [0.05, 0.1) is 10.7 Å². The van der Waals surface area contributed by atoms with Gasteiger partial charge in [0.1, 0.15) is 0 Å². The first-order chi connectivity index (χ1) is 9.58. The van der Waals surface area contributed by atoms with Gasteiger partial charge in [-0.3, -0.25) is 15.3 Å². The Morgan fingerprint density at radius 2 is 2.35 bits per heavy atom. The molecule has 5 nitrogen and oxygen atoms in total. The Bertz CT molecular complexity index is 503. The van der Waals surface area contributed by atoms with E-state index in [1.807, 2.05) is 0 Å². The topological polar surface area (TPSA) is 78.0 Å². The molecule has 0 spiro atoms. The summed E-state index contributed by atoms with van der Waals surface area (Å²) in [6.45, 7) is 0.491. The number of nitrogens with one attached hydrogen (secondary N) is 2. The quantitative estimate of drug-likeness (QED) is 0.450. The van der Waals surface area contributed by atoms with E-state index in [-0.39, 0.29) is 5.96 Å². The van der Waals surface area contributed by atoms with Crippen molar-refractivity contribution in [3.05, 3.63) is 29.0 Å². The van der Waals surface area contributed by atoms with Crippen LogP contribution >= 0.6 is 23.8 Å². The Kier molecular flexibility index (Phi) is 5.14. The van der Waals surface area contributed by atoms with Crippen molar-refractivity contribution >= 4 is 34.9 Å². The van der Waals surface area contributed by atoms with E-state index in [1.54, 1.807) is 23.2 Å². The smallest absolute Gasteiger partial charge is 0.194 e. The van der Waals surface area contributed by atoms with Gasteiger partial charge in [-0.05, 0) is 43.6 Å². The second-order valence-electron chi connectivity index (χ2n) is 4.80. The molecule has 1 aromatic heterocycles. The Morgan fingerprint density at radius 1 is 1.60 bits per heavy atom. The number of guanidine groups is 1. The summed E-state index contributed by atoms with van der Waals surface area (Å²) >= 11 is 11.4. The van der Waals surface area contributed by atoms with Gasteiger partial charge in [-0.15, -0.1) is 0 Å². The minimum Gasteiger partial charge on any atom is -0.370 e. The Hall–Kier alpha value is -1.40. The SMILES string of the molecule is N=C(N)N(CCc1ncccc1Cl)C(=S)NC1CCC1. The minimum absolute atomic E-state index is 0.0612. The van der Waals surface area contributed by atoms with Crippen LogP contribution in [0.25, 0.3) is 0 Å². The zero-order chi connectivity index (χ0) is 14.5. The molecule has 0 radical (unpaired) electrons. The summed E-state index contributed by atoms with van der Waals surface area (Å²) in [4.78, 5) is 5.81. The molecule has 0 bridgehead atoms. The van der Waals surface area contributed by atoms with Crippen LogP contribution in [0.2, 0.25) is 5.02 Å². The van der Waals surface area contributed by atoms with E-state index in [9.17, 15) is 0 Å². The first-order valence-corrected chi connectivity index (χ1v) is 7.38. The standard InChI is InChI=1S/C13H18ClN5S/c14-10-5-2-7-17-11(10)6-8-19(12(15)16)13(20)18-9-3-1-4-9/h2,5,7,9H,1,3-4,6,8H2,(H3,15,16)(H,18,20). The van der Waals surface area contributed by atoms with Crippen molar-refractivity contribution in [2.45, 2.75) is 31.7 Å². The molecule has 1 aliphatic rings. The molecule has 2 rings (SSSR count). The maximum atomic E-state index is 7.64. The van der Waals surface area contributed by atoms with Crippen molar-refractivity contribution < 1.29 is 0 Å². The number of nitrogens with two attached hydrogens (primary N) is 1. The van der Waals surface area contributed by atoms with Crippen molar-refractivity contribution in [3.63, 3.8) is 0 Å². The number of hydrogen-bond acceptors (Lipinski definition) is 3. The molecular formula is C13H18ClN5S. The molecule has 1 heterocycles. The van der Waals surface area contributed by atoms with Gasteiger partial charge in [-0.2, -0.15) is 0 Å². The monoisotopic (exact) mass is 311 g/mol. The van der Waals surface area contributed by atoms with Crippen molar-refractivity contribution in [2.24, 2.45) is 5.73 Å². The third kappa shape index (κ3) is 3.80. The van der Waals surface area contributed by atoms with Crippen LogP contribution < -0.4 is 11.1 Å². The number of rotatable bonds is 4. The molecule has 1 aliphatic carbocycles. The van der Waals surface area contributed by atoms with E-state index in [0.29, 0.717) is 29.1 Å². The van der Waals surface area contributed by atoms with E-state index < -0.39 is 0 Å². The molecule has 0 aliphatic heterocycles. The normalized spacial score (nSPS) is 14.4. The number of thiocarbonyl (C=S) groups is 1. The predicted molar refractivity (Wildman–Crippen MR) is 84.9 cm³/mol. The molecule has 1 fully saturated rings. The van der Waals surface area contributed by atoms with E-state index in [1.165, 1.54) is 6.42 Å². The maximum Gasteiger partial charge on any atom is 0.194 e. The number of halogens is 1. The van der Waals surface area contributed by atoms with E-state index in [0.717, 1.165) is 18.5 Å². The van der Waals surface area contributed by atoms with Gasteiger partial charge in [0.2, 0.25) is 0 Å². The summed E-state index contributed by atoms with van der Waals surface area (Å²) in [6, 6.07) is 4.01. The maximum absolute atomic E-state index is 7.64. The summed E-state index contributed by atoms with van der Waals surface area (Å²) in [5.41, 5.74) is 6.39. The molecule has 4 N–H and O–H groups in total. The highest BCUT2D eigenvalue weighted by Crippen LogP contribution is 2.18. The molecule has 0 saturated heterocycles. The van der Waals surface area contributed by atoms with Gasteiger partial charge in [0.25, 0.3) is 0 Å². The lowest BCUT2D eigenvalue weighted by molar-refractivity contribution is 0.374. The highest BCUT2D eigenvalue weighted by atomic mass is 35.5. The first kappa shape index (κ1) is 15.0. The van der Waals surface area contributed by atoms with Crippen LogP contribution in [-0.2, 0) is 6.42 Å². The minimum atomic E-state index is -0.0612. The first-order valence-electron chi connectivity index (χ1n) is 6.59. The Balaban J connectivity index is 1.93. The van der Waals surface area contributed by atoms with Crippen LogP contribution in [0.15, 0.2) is 18.3 Å². The molecule has 7 heteroatoms. The Morgan fingerprint density at radius 3 is 2.90 bits per heavy atom. The zero-order valence-electron chi connectivity index (χ0n) is 11.1. The molecule has 0 atom stereocenters. The fourth-order valence-electron chi connectivity index (χ4n) is 1.96. The lowest BCUT2D eigenvalue weighted by atomic mass is 9.93. The lowest BCUT2D eigenvalue weighted by Gasteiger charge is -2.32. The number of aromatic nitrogens is 1. The van der Waals surface area contributed by atoms with Crippen molar-refractivity contribution in [3.8, 4) is 0 Å². The van der Waals surface area contributed by atoms with Crippen LogP contribution in [0.1, 0.15) is 25.0 Å². The van der Waals surface area contributed by atoms with Crippen LogP contribution in [-0.4, -0.2) is 33.5 Å². The Labute approximate surface area is 129 Å². The fraction of sp³-hybridized carbons (Fsp3) is 0.462. The average Bonchev–Trinajstić information content (AvgIpc) is 2.36. The molecule has 1 aromatic rings. The van der Waals surface area contributed by atoms with Gasteiger partial charge in [-0.1, -0.05) is 11.6 Å². The van der Waals surface area contributed by atoms with Crippen LogP contribution in [0.3, 0.4) is 0 Å². The van der Waals surface area contributed by atoms with Crippen molar-refractivity contribution in [2.75, 3.05) is 6.54 Å². The summed E-state index contributed by atoms with van der Waals surface area (Å²) in [6.07, 6.45) is 5.76. The van der Waals surface area contributed by atoms with Gasteiger partial charge < -0.3 is 11.1 Å². The van der Waals surface area contributed by atoms with Crippen LogP contribution in [0.5, 0.6) is 0 Å². The number of hydrogen-bond donors (Lipinski definition) is 3. The fourth-order valence-corrected chi connectivity index (χ4v) is 2.53. The van der Waals surface area contributed by atoms with Crippen molar-refractivity contribution in [1.29, 1.82) is 5.41 Å². The van der Waals surface area contributed by atoms with Gasteiger partial charge >= 0.3 is 0 Å². The molecule has 108 valence electrons. The van der Waals surface area contributed by atoms with E-state index in [2.05, 4.69) is 10.3 Å². The molecule has 20 heavy (non-hydrogen) atoms. The lowest BCUT2D eigenvalue weighted by Crippen LogP contribution is -2.51. The van der Waals surface area contributed by atoms with E-state index >= 15 is 0 Å². The van der Waals surface area contributed by atoms with Gasteiger partial charge in [-0.25, -0.2) is 0 Å². The van der Waals surface area contributed by atoms with Gasteiger partial charge in [0, 0.05) is 25.2 Å². The molecule has 0 amide bonds. The second kappa shape index (κ2) is 6.85. The average molecular weight is 312 g/mol. The van der Waals surface area contributed by atoms with Crippen molar-refractivity contribution in [1.82, 2.24) is 15.2 Å². The largest absolute Gasteiger partial charge is 0.370 e. The van der Waals surface area contributed by atoms with Gasteiger partial charge in [0.15, 0.2) is 11.1 Å². The molecule has 0 unspecified atom stereocenters. The van der Waals surface area contributed by atoms with E-state index in [4.69, 9.17) is 35.0 Å². The number of nitrogens with zero attached hydrogens (tertiary/aromatic N) is 2. The highest BCUT2D eigenvalue weighted by molar-refractivity contribution is 7.80. The summed E-state index contributed by atoms with van der Waals surface area (Å²) in [5, 5.41) is 12.0. The predicted octanol–water partition coefficient (Wildman–Crippen LogP) is 1.90. The second-order valence-corrected chi connectivity index (χ2v) is 5.59. The summed E-state index contributed by atoms with van der Waals surface area (Å²) in [5.74, 6) is -0.0612. The number of pyridine rings is 1. The van der Waals surface area contributed by atoms with Crippen LogP contribution in [0.4, 0.5) is 0 Å². The summed E-state index contributed by atoms with van der Waals surface area (Å²) < 4.78 is 0. The zero-order valence-corrected chi connectivity index (χ0v) is 12.7. The highest BCUT2D eigenvalue weighted by Gasteiger charge is 2.21. The molecular weight excluding hydrogens is 294 g/mol. The third-order valence-electron chi connectivity index (χ3n) is 3.38. The molecule has 0 aromatic carbocycles. The van der Waals surface area contributed by atoms with Crippen LogP contribution in [0, 0.1) is 5.41 Å². The summed E-state index contributed by atoms with van der Waals surface area (Å²) in [7, 11) is 0.